The summed E-state index contributed by atoms with van der Waals surface area (Å²) in [5, 5.41) is 10.3. The highest BCUT2D eigenvalue weighted by atomic mass is 32.2. The third-order valence-electron chi connectivity index (χ3n) is 9.00. The SMILES string of the molecule is CS(=O)(=O)C1CCN(c2ccncc2NC(=O)c2c(N)nn3c2NCC(F)C32CCCCCCCCCC2)CC1. The largest absolute Gasteiger partial charge is 0.381 e. The van der Waals surface area contributed by atoms with E-state index in [1.165, 1.54) is 19.1 Å². The summed E-state index contributed by atoms with van der Waals surface area (Å²) < 4.78 is 41.5. The number of pyridine rings is 1. The van der Waals surface area contributed by atoms with Gasteiger partial charge in [-0.3, -0.25) is 9.78 Å². The second kappa shape index (κ2) is 11.9. The van der Waals surface area contributed by atoms with E-state index >= 15 is 4.39 Å². The highest BCUT2D eigenvalue weighted by Gasteiger charge is 2.47. The van der Waals surface area contributed by atoms with E-state index in [0.717, 1.165) is 44.2 Å². The Morgan fingerprint density at radius 3 is 2.35 bits per heavy atom. The first kappa shape index (κ1) is 28.6. The maximum absolute atomic E-state index is 15.8. The summed E-state index contributed by atoms with van der Waals surface area (Å²) in [5.74, 6) is 0.107. The summed E-state index contributed by atoms with van der Waals surface area (Å²) in [5.41, 5.74) is 7.03. The number of carbonyl (C=O) groups is 1. The fourth-order valence-electron chi connectivity index (χ4n) is 6.70. The van der Waals surface area contributed by atoms with Crippen LogP contribution in [0.5, 0.6) is 0 Å². The zero-order valence-electron chi connectivity index (χ0n) is 23.4. The molecule has 1 amide bonds. The number of nitrogens with one attached hydrogen (secondary N) is 2. The lowest BCUT2D eigenvalue weighted by atomic mass is 9.81. The number of nitrogens with two attached hydrogens (primary N) is 1. The van der Waals surface area contributed by atoms with Gasteiger partial charge in [-0.15, -0.1) is 0 Å². The minimum absolute atomic E-state index is 0.0715. The number of amides is 1. The summed E-state index contributed by atoms with van der Waals surface area (Å²) in [6.45, 7) is 1.22. The standard InChI is InChI=1S/C28H42FN7O3S/c1-40(38,39)20-11-16-35(17-12-20)22-10-15-31-18-21(22)33-27(37)24-25(30)34-36-26(24)32-19-23(29)28(36)13-8-6-4-2-3-5-7-9-14-28/h10,15,18,20,23,32H,2-9,11-14,16-17,19H2,1H3,(H2,30,34)(H,33,37). The van der Waals surface area contributed by atoms with Crippen LogP contribution in [0.15, 0.2) is 18.5 Å². The molecule has 2 aromatic heterocycles. The van der Waals surface area contributed by atoms with Crippen molar-refractivity contribution in [2.75, 3.05) is 47.2 Å². The lowest BCUT2D eigenvalue weighted by Gasteiger charge is -2.42. The van der Waals surface area contributed by atoms with Gasteiger partial charge in [-0.25, -0.2) is 17.5 Å². The normalized spacial score (nSPS) is 22.6. The molecule has 3 aliphatic rings. The summed E-state index contributed by atoms with van der Waals surface area (Å²) in [6.07, 6.45) is 14.5. The Morgan fingerprint density at radius 2 is 1.73 bits per heavy atom. The van der Waals surface area contributed by atoms with Crippen LogP contribution in [0.4, 0.5) is 27.4 Å². The number of carbonyl (C=O) groups excluding carboxylic acids is 1. The molecule has 2 aliphatic heterocycles. The van der Waals surface area contributed by atoms with Gasteiger partial charge in [0, 0.05) is 32.1 Å². The molecule has 1 aliphatic carbocycles. The second-order valence-corrected chi connectivity index (χ2v) is 14.0. The Kier molecular flexibility index (Phi) is 8.53. The van der Waals surface area contributed by atoms with Gasteiger partial charge in [0.15, 0.2) is 5.82 Å². The van der Waals surface area contributed by atoms with E-state index in [4.69, 9.17) is 5.73 Å². The molecule has 0 bridgehead atoms. The van der Waals surface area contributed by atoms with Gasteiger partial charge in [0.2, 0.25) is 0 Å². The molecule has 4 heterocycles. The van der Waals surface area contributed by atoms with E-state index in [0.29, 0.717) is 50.3 Å². The number of nitrogens with zero attached hydrogens (tertiary/aromatic N) is 4. The number of hydrogen-bond donors (Lipinski definition) is 3. The lowest BCUT2D eigenvalue weighted by molar-refractivity contribution is 0.0738. The average Bonchev–Trinajstić information content (AvgIpc) is 3.25. The predicted molar refractivity (Wildman–Crippen MR) is 156 cm³/mol. The summed E-state index contributed by atoms with van der Waals surface area (Å²) in [4.78, 5) is 20.0. The Balaban J connectivity index is 1.40. The van der Waals surface area contributed by atoms with Crippen LogP contribution in [0.2, 0.25) is 0 Å². The van der Waals surface area contributed by atoms with Gasteiger partial charge in [0.25, 0.3) is 5.91 Å². The molecule has 2 fully saturated rings. The van der Waals surface area contributed by atoms with Gasteiger partial charge in [0.1, 0.15) is 27.4 Å². The fourth-order valence-corrected chi connectivity index (χ4v) is 7.76. The topological polar surface area (TPSA) is 135 Å². The van der Waals surface area contributed by atoms with Gasteiger partial charge in [0.05, 0.1) is 28.4 Å². The van der Waals surface area contributed by atoms with E-state index in [1.54, 1.807) is 17.1 Å². The average molecular weight is 576 g/mol. The van der Waals surface area contributed by atoms with E-state index in [2.05, 4.69) is 25.6 Å². The molecule has 1 unspecified atom stereocenters. The van der Waals surface area contributed by atoms with Crippen molar-refractivity contribution in [1.82, 2.24) is 14.8 Å². The highest BCUT2D eigenvalue weighted by Crippen LogP contribution is 2.43. The van der Waals surface area contributed by atoms with Crippen LogP contribution in [-0.4, -0.2) is 66.4 Å². The van der Waals surface area contributed by atoms with Gasteiger partial charge in [-0.2, -0.15) is 5.10 Å². The zero-order chi connectivity index (χ0) is 28.3. The number of hydrogen-bond acceptors (Lipinski definition) is 8. The first-order valence-corrected chi connectivity index (χ1v) is 16.6. The molecule has 1 spiro atoms. The number of rotatable bonds is 4. The number of halogens is 1. The first-order valence-electron chi connectivity index (χ1n) is 14.7. The maximum Gasteiger partial charge on any atom is 0.263 e. The number of nitrogen functional groups attached to an aromatic ring is 1. The number of aromatic nitrogens is 3. The predicted octanol–water partition coefficient (Wildman–Crippen LogP) is 4.50. The second-order valence-electron chi connectivity index (χ2n) is 11.7. The molecule has 5 rings (SSSR count). The van der Waals surface area contributed by atoms with Crippen LogP contribution in [0.3, 0.4) is 0 Å². The summed E-state index contributed by atoms with van der Waals surface area (Å²) in [6, 6.07) is 1.82. The minimum Gasteiger partial charge on any atom is -0.381 e. The summed E-state index contributed by atoms with van der Waals surface area (Å²) in [7, 11) is -3.10. The number of alkyl halides is 1. The number of piperidine rings is 1. The van der Waals surface area contributed by atoms with Gasteiger partial charge in [-0.05, 0) is 31.7 Å². The van der Waals surface area contributed by atoms with Crippen molar-refractivity contribution in [3.05, 3.63) is 24.0 Å². The Bertz CT molecular complexity index is 1290. The Morgan fingerprint density at radius 1 is 1.10 bits per heavy atom. The first-order chi connectivity index (χ1) is 19.2. The Labute approximate surface area is 236 Å². The van der Waals surface area contributed by atoms with Crippen LogP contribution in [0.1, 0.15) is 87.4 Å². The third kappa shape index (κ3) is 5.77. The highest BCUT2D eigenvalue weighted by molar-refractivity contribution is 7.91. The van der Waals surface area contributed by atoms with Crippen molar-refractivity contribution in [2.45, 2.75) is 94.0 Å². The maximum atomic E-state index is 15.8. The summed E-state index contributed by atoms with van der Waals surface area (Å²) >= 11 is 0. The van der Waals surface area contributed by atoms with E-state index < -0.39 is 27.5 Å². The lowest BCUT2D eigenvalue weighted by Crippen LogP contribution is -2.51. The van der Waals surface area contributed by atoms with Crippen molar-refractivity contribution in [1.29, 1.82) is 0 Å². The molecular formula is C28H42FN7O3S. The van der Waals surface area contributed by atoms with Crippen LogP contribution in [0, 0.1) is 0 Å². The third-order valence-corrected chi connectivity index (χ3v) is 10.7. The molecule has 0 aromatic carbocycles. The number of fused-ring (bicyclic) bond motifs is 2. The van der Waals surface area contributed by atoms with Crippen molar-refractivity contribution >= 4 is 38.8 Å². The van der Waals surface area contributed by atoms with Gasteiger partial charge in [-0.1, -0.05) is 51.4 Å². The van der Waals surface area contributed by atoms with Crippen molar-refractivity contribution < 1.29 is 17.6 Å². The van der Waals surface area contributed by atoms with Crippen molar-refractivity contribution in [2.24, 2.45) is 0 Å². The molecule has 220 valence electrons. The molecule has 40 heavy (non-hydrogen) atoms. The molecule has 10 nitrogen and oxygen atoms in total. The molecule has 2 aromatic rings. The van der Waals surface area contributed by atoms with Crippen molar-refractivity contribution in [3.63, 3.8) is 0 Å². The molecule has 1 saturated carbocycles. The molecule has 1 saturated heterocycles. The molecule has 0 radical (unpaired) electrons. The monoisotopic (exact) mass is 575 g/mol. The van der Waals surface area contributed by atoms with E-state index in [9.17, 15) is 13.2 Å². The van der Waals surface area contributed by atoms with Crippen LogP contribution >= 0.6 is 0 Å². The molecule has 4 N–H and O–H groups in total. The van der Waals surface area contributed by atoms with Crippen LogP contribution < -0.4 is 21.3 Å². The number of sulfone groups is 1. The fraction of sp³-hybridized carbons (Fsp3) is 0.679. The smallest absolute Gasteiger partial charge is 0.263 e. The van der Waals surface area contributed by atoms with Crippen LogP contribution in [-0.2, 0) is 15.4 Å². The quantitative estimate of drug-likeness (QED) is 0.485. The van der Waals surface area contributed by atoms with E-state index in [-0.39, 0.29) is 23.2 Å². The Hall–Kier alpha value is -2.89. The van der Waals surface area contributed by atoms with Gasteiger partial charge < -0.3 is 21.3 Å². The van der Waals surface area contributed by atoms with Crippen molar-refractivity contribution in [3.8, 4) is 0 Å². The van der Waals surface area contributed by atoms with Gasteiger partial charge >= 0.3 is 0 Å². The molecule has 12 heteroatoms. The van der Waals surface area contributed by atoms with Crippen LogP contribution in [0.25, 0.3) is 0 Å². The van der Waals surface area contributed by atoms with E-state index in [1.807, 2.05) is 6.07 Å². The number of anilines is 4. The minimum atomic E-state index is -3.10. The molecular weight excluding hydrogens is 533 g/mol. The zero-order valence-corrected chi connectivity index (χ0v) is 24.2. The molecule has 1 atom stereocenters.